The Morgan fingerprint density at radius 1 is 1.45 bits per heavy atom. The Morgan fingerprint density at radius 3 is 2.55 bits per heavy atom. The topological polar surface area (TPSA) is 90.6 Å². The smallest absolute Gasteiger partial charge is 0.348 e. The molecule has 1 atom stereocenters. The predicted molar refractivity (Wildman–Crippen MR) is 84.4 cm³/mol. The lowest BCUT2D eigenvalue weighted by atomic mass is 10.1. The van der Waals surface area contributed by atoms with Crippen molar-refractivity contribution < 1.29 is 19.4 Å². The summed E-state index contributed by atoms with van der Waals surface area (Å²) in [6.45, 7) is 8.02. The van der Waals surface area contributed by atoms with Gasteiger partial charge in [-0.05, 0) is 26.3 Å². The van der Waals surface area contributed by atoms with Crippen LogP contribution in [0.3, 0.4) is 0 Å². The number of aliphatic carboxylic acids is 1. The Balaban J connectivity index is 3.22. The fraction of sp³-hybridized carbons (Fsp3) is 0.533. The number of carboxylic acids is 1. The van der Waals surface area contributed by atoms with E-state index < -0.39 is 17.9 Å². The summed E-state index contributed by atoms with van der Waals surface area (Å²) in [5, 5.41) is 19.1. The minimum absolute atomic E-state index is 0.265. The van der Waals surface area contributed by atoms with Crippen LogP contribution in [-0.2, 0) is 9.53 Å². The third-order valence-corrected chi connectivity index (χ3v) is 4.62. The van der Waals surface area contributed by atoms with Crippen molar-refractivity contribution in [2.75, 3.05) is 24.6 Å². The van der Waals surface area contributed by atoms with Crippen molar-refractivity contribution in [3.05, 3.63) is 16.0 Å². The number of carbonyl (C=O) groups excluding carboxylic acids is 1. The number of esters is 1. The molecule has 1 aromatic heterocycles. The second-order valence-electron chi connectivity index (χ2n) is 4.85. The second kappa shape index (κ2) is 7.80. The number of nitriles is 1. The lowest BCUT2D eigenvalue weighted by Crippen LogP contribution is -2.31. The van der Waals surface area contributed by atoms with Crippen molar-refractivity contribution in [1.29, 1.82) is 5.26 Å². The first-order valence-electron chi connectivity index (χ1n) is 7.05. The minimum Gasteiger partial charge on any atom is -0.481 e. The van der Waals surface area contributed by atoms with Crippen LogP contribution in [0.5, 0.6) is 0 Å². The Kier molecular flexibility index (Phi) is 6.38. The maximum atomic E-state index is 12.0. The molecule has 1 N–H and O–H groups in total. The highest BCUT2D eigenvalue weighted by atomic mass is 32.1. The molecule has 0 fully saturated rings. The van der Waals surface area contributed by atoms with Crippen LogP contribution in [0.1, 0.15) is 41.6 Å². The van der Waals surface area contributed by atoms with Gasteiger partial charge >= 0.3 is 11.9 Å². The van der Waals surface area contributed by atoms with Gasteiger partial charge in [0, 0.05) is 13.1 Å². The van der Waals surface area contributed by atoms with Gasteiger partial charge in [0.1, 0.15) is 15.9 Å². The molecular formula is C15H20N2O4S. The van der Waals surface area contributed by atoms with Crippen molar-refractivity contribution in [2.24, 2.45) is 5.92 Å². The number of ether oxygens (including phenoxy) is 1. The van der Waals surface area contributed by atoms with Gasteiger partial charge in [0.05, 0.1) is 18.1 Å². The number of thiophene rings is 1. The van der Waals surface area contributed by atoms with E-state index in [9.17, 15) is 14.9 Å². The Bertz CT molecular complexity index is 603. The first-order chi connectivity index (χ1) is 10.4. The molecule has 22 heavy (non-hydrogen) atoms. The molecule has 0 saturated carbocycles. The third-order valence-electron chi connectivity index (χ3n) is 3.29. The zero-order valence-corrected chi connectivity index (χ0v) is 14.0. The predicted octanol–water partition coefficient (Wildman–Crippen LogP) is 2.65. The molecular weight excluding hydrogens is 304 g/mol. The standard InChI is InChI=1S/C15H20N2O4S/c1-5-17(8-9(3)14(18)19)13-11(7-16)10(4)12(22-13)15(20)21-6-2/h9H,5-6,8H2,1-4H3,(H,18,19). The molecule has 0 bridgehead atoms. The summed E-state index contributed by atoms with van der Waals surface area (Å²) in [6.07, 6.45) is 0. The lowest BCUT2D eigenvalue weighted by Gasteiger charge is -2.23. The normalized spacial score (nSPS) is 11.6. The van der Waals surface area contributed by atoms with Crippen LogP contribution >= 0.6 is 11.3 Å². The quantitative estimate of drug-likeness (QED) is 0.775. The number of hydrogen-bond acceptors (Lipinski definition) is 6. The number of carboxylic acid groups (broad SMARTS) is 1. The summed E-state index contributed by atoms with van der Waals surface area (Å²) in [7, 11) is 0. The summed E-state index contributed by atoms with van der Waals surface area (Å²) < 4.78 is 5.00. The molecule has 0 aliphatic heterocycles. The van der Waals surface area contributed by atoms with E-state index in [1.807, 2.05) is 11.8 Å². The lowest BCUT2D eigenvalue weighted by molar-refractivity contribution is -0.140. The highest BCUT2D eigenvalue weighted by Gasteiger charge is 2.25. The summed E-state index contributed by atoms with van der Waals surface area (Å²) in [5.74, 6) is -1.91. The number of carbonyl (C=O) groups is 2. The van der Waals surface area contributed by atoms with E-state index in [4.69, 9.17) is 9.84 Å². The Morgan fingerprint density at radius 2 is 2.09 bits per heavy atom. The largest absolute Gasteiger partial charge is 0.481 e. The number of hydrogen-bond donors (Lipinski definition) is 1. The molecule has 1 unspecified atom stereocenters. The molecule has 1 aromatic rings. The first kappa shape index (κ1) is 18.0. The number of rotatable bonds is 7. The monoisotopic (exact) mass is 324 g/mol. The second-order valence-corrected chi connectivity index (χ2v) is 5.85. The van der Waals surface area contributed by atoms with Crippen LogP contribution in [0.4, 0.5) is 5.00 Å². The maximum absolute atomic E-state index is 12.0. The average Bonchev–Trinajstić information content (AvgIpc) is 2.81. The fourth-order valence-corrected chi connectivity index (χ4v) is 3.23. The SMILES string of the molecule is CCOC(=O)c1sc(N(CC)CC(C)C(=O)O)c(C#N)c1C. The van der Waals surface area contributed by atoms with Crippen molar-refractivity contribution in [3.63, 3.8) is 0 Å². The van der Waals surface area contributed by atoms with Crippen molar-refractivity contribution in [3.8, 4) is 6.07 Å². The Hall–Kier alpha value is -2.07. The van der Waals surface area contributed by atoms with E-state index in [1.54, 1.807) is 20.8 Å². The molecule has 1 heterocycles. The van der Waals surface area contributed by atoms with Gasteiger partial charge in [-0.2, -0.15) is 5.26 Å². The van der Waals surface area contributed by atoms with E-state index in [2.05, 4.69) is 6.07 Å². The van der Waals surface area contributed by atoms with Gasteiger partial charge in [-0.25, -0.2) is 4.79 Å². The molecule has 6 nitrogen and oxygen atoms in total. The van der Waals surface area contributed by atoms with E-state index >= 15 is 0 Å². The zero-order chi connectivity index (χ0) is 16.9. The van der Waals surface area contributed by atoms with Crippen LogP contribution < -0.4 is 4.90 Å². The van der Waals surface area contributed by atoms with Crippen LogP contribution in [0.25, 0.3) is 0 Å². The highest BCUT2D eigenvalue weighted by Crippen LogP contribution is 2.36. The summed E-state index contributed by atoms with van der Waals surface area (Å²) in [5.41, 5.74) is 0.995. The molecule has 120 valence electrons. The molecule has 0 radical (unpaired) electrons. The molecule has 0 spiro atoms. The van der Waals surface area contributed by atoms with Crippen molar-refractivity contribution in [2.45, 2.75) is 27.7 Å². The summed E-state index contributed by atoms with van der Waals surface area (Å²) >= 11 is 1.18. The van der Waals surface area contributed by atoms with Gasteiger partial charge < -0.3 is 14.7 Å². The van der Waals surface area contributed by atoms with E-state index in [-0.39, 0.29) is 13.2 Å². The van der Waals surface area contributed by atoms with Crippen LogP contribution in [0, 0.1) is 24.2 Å². The van der Waals surface area contributed by atoms with Crippen LogP contribution in [0.15, 0.2) is 0 Å². The number of anilines is 1. The van der Waals surface area contributed by atoms with E-state index in [1.165, 1.54) is 11.3 Å². The van der Waals surface area contributed by atoms with Gasteiger partial charge in [0.25, 0.3) is 0 Å². The Labute approximate surface area is 133 Å². The van der Waals surface area contributed by atoms with Gasteiger partial charge in [-0.3, -0.25) is 4.79 Å². The average molecular weight is 324 g/mol. The summed E-state index contributed by atoms with van der Waals surface area (Å²) in [6, 6.07) is 2.11. The molecule has 0 saturated heterocycles. The van der Waals surface area contributed by atoms with Gasteiger partial charge in [-0.1, -0.05) is 6.92 Å². The van der Waals surface area contributed by atoms with Gasteiger partial charge in [0.15, 0.2) is 0 Å². The zero-order valence-electron chi connectivity index (χ0n) is 13.2. The molecule has 0 aliphatic rings. The van der Waals surface area contributed by atoms with Crippen molar-refractivity contribution in [1.82, 2.24) is 0 Å². The van der Waals surface area contributed by atoms with Gasteiger partial charge in [-0.15, -0.1) is 11.3 Å². The first-order valence-corrected chi connectivity index (χ1v) is 7.87. The van der Waals surface area contributed by atoms with Crippen LogP contribution in [-0.4, -0.2) is 36.7 Å². The van der Waals surface area contributed by atoms with E-state index in [0.29, 0.717) is 27.5 Å². The van der Waals surface area contributed by atoms with Crippen molar-refractivity contribution >= 4 is 28.3 Å². The summed E-state index contributed by atoms with van der Waals surface area (Å²) in [4.78, 5) is 25.2. The van der Waals surface area contributed by atoms with Gasteiger partial charge in [0.2, 0.25) is 0 Å². The molecule has 0 amide bonds. The van der Waals surface area contributed by atoms with Crippen LogP contribution in [0.2, 0.25) is 0 Å². The molecule has 1 rings (SSSR count). The molecule has 0 aromatic carbocycles. The minimum atomic E-state index is -0.893. The third kappa shape index (κ3) is 3.77. The maximum Gasteiger partial charge on any atom is 0.348 e. The molecule has 7 heteroatoms. The number of nitrogens with zero attached hydrogens (tertiary/aromatic N) is 2. The van der Waals surface area contributed by atoms with E-state index in [0.717, 1.165) is 0 Å². The molecule has 0 aliphatic carbocycles. The highest BCUT2D eigenvalue weighted by molar-refractivity contribution is 7.18. The fourth-order valence-electron chi connectivity index (χ4n) is 2.01.